The predicted molar refractivity (Wildman–Crippen MR) is 63.8 cm³/mol. The van der Waals surface area contributed by atoms with Crippen molar-refractivity contribution < 1.29 is 0 Å². The van der Waals surface area contributed by atoms with Gasteiger partial charge in [-0.3, -0.25) is 4.79 Å². The molecule has 1 unspecified atom stereocenters. The van der Waals surface area contributed by atoms with Crippen LogP contribution in [0, 0.1) is 5.92 Å². The number of rotatable bonds is 1. The minimum Gasteiger partial charge on any atom is -0.316 e. The third-order valence-electron chi connectivity index (χ3n) is 3.93. The highest BCUT2D eigenvalue weighted by Gasteiger charge is 2.30. The summed E-state index contributed by atoms with van der Waals surface area (Å²) >= 11 is 0. The maximum atomic E-state index is 12.0. The van der Waals surface area contributed by atoms with Crippen LogP contribution in [0.2, 0.25) is 0 Å². The molecular weight excluding hydrogens is 200 g/mol. The Morgan fingerprint density at radius 3 is 3.12 bits per heavy atom. The average molecular weight is 218 g/mol. The van der Waals surface area contributed by atoms with E-state index in [9.17, 15) is 4.79 Å². The molecule has 3 heterocycles. The van der Waals surface area contributed by atoms with Crippen LogP contribution in [0.25, 0.3) is 0 Å². The molecule has 3 rings (SSSR count). The third-order valence-corrected chi connectivity index (χ3v) is 3.93. The summed E-state index contributed by atoms with van der Waals surface area (Å²) in [5, 5.41) is 3.47. The number of piperidine rings is 1. The summed E-state index contributed by atoms with van der Waals surface area (Å²) in [6.45, 7) is 5.11. The molecule has 2 aliphatic heterocycles. The van der Waals surface area contributed by atoms with Crippen molar-refractivity contribution in [2.24, 2.45) is 5.92 Å². The number of hydrogen-bond donors (Lipinski definition) is 1. The summed E-state index contributed by atoms with van der Waals surface area (Å²) < 4.78 is 2.00. The first-order valence-electron chi connectivity index (χ1n) is 6.22. The van der Waals surface area contributed by atoms with Gasteiger partial charge in [-0.05, 0) is 36.9 Å². The quantitative estimate of drug-likeness (QED) is 0.766. The fraction of sp³-hybridized carbons (Fsp3) is 0.615. The molecule has 0 aromatic carbocycles. The maximum absolute atomic E-state index is 12.0. The zero-order chi connectivity index (χ0) is 11.1. The Labute approximate surface area is 95.5 Å². The van der Waals surface area contributed by atoms with E-state index in [1.807, 2.05) is 4.57 Å². The van der Waals surface area contributed by atoms with Gasteiger partial charge in [-0.15, -0.1) is 0 Å². The van der Waals surface area contributed by atoms with Crippen molar-refractivity contribution >= 4 is 0 Å². The van der Waals surface area contributed by atoms with E-state index in [2.05, 4.69) is 18.3 Å². The van der Waals surface area contributed by atoms with Crippen LogP contribution in [-0.4, -0.2) is 17.7 Å². The molecule has 16 heavy (non-hydrogen) atoms. The molecule has 2 aliphatic rings. The topological polar surface area (TPSA) is 34.0 Å². The SMILES string of the molecule is CCc1cc2n(c(=O)c1)CC1CNC[C@@H]2C1. The second kappa shape index (κ2) is 3.74. The Kier molecular flexibility index (Phi) is 2.36. The lowest BCUT2D eigenvalue weighted by atomic mass is 9.84. The van der Waals surface area contributed by atoms with Crippen LogP contribution >= 0.6 is 0 Å². The van der Waals surface area contributed by atoms with Crippen molar-refractivity contribution in [2.45, 2.75) is 32.2 Å². The molecule has 3 nitrogen and oxygen atoms in total. The van der Waals surface area contributed by atoms with Crippen molar-refractivity contribution in [1.29, 1.82) is 0 Å². The molecule has 2 atom stereocenters. The first-order valence-corrected chi connectivity index (χ1v) is 6.22. The molecule has 1 aromatic rings. The van der Waals surface area contributed by atoms with Gasteiger partial charge in [-0.1, -0.05) is 6.92 Å². The second-order valence-corrected chi connectivity index (χ2v) is 5.05. The number of aryl methyl sites for hydroxylation is 1. The van der Waals surface area contributed by atoms with E-state index >= 15 is 0 Å². The lowest BCUT2D eigenvalue weighted by Gasteiger charge is -2.37. The summed E-state index contributed by atoms with van der Waals surface area (Å²) in [5.74, 6) is 1.20. The first kappa shape index (κ1) is 10.1. The first-order chi connectivity index (χ1) is 7.78. The molecule has 0 spiro atoms. The number of pyridine rings is 1. The van der Waals surface area contributed by atoms with E-state index < -0.39 is 0 Å². The van der Waals surface area contributed by atoms with Gasteiger partial charge in [-0.25, -0.2) is 0 Å². The molecule has 0 saturated carbocycles. The normalized spacial score (nSPS) is 27.6. The molecule has 86 valence electrons. The minimum absolute atomic E-state index is 0.200. The van der Waals surface area contributed by atoms with Crippen molar-refractivity contribution in [3.63, 3.8) is 0 Å². The smallest absolute Gasteiger partial charge is 0.251 e. The molecule has 3 heteroatoms. The highest BCUT2D eigenvalue weighted by molar-refractivity contribution is 5.23. The van der Waals surface area contributed by atoms with E-state index in [1.165, 1.54) is 17.7 Å². The molecular formula is C13H18N2O. The molecule has 2 bridgehead atoms. The van der Waals surface area contributed by atoms with Gasteiger partial charge in [0.05, 0.1) is 0 Å². The minimum atomic E-state index is 0.200. The fourth-order valence-corrected chi connectivity index (χ4v) is 3.06. The van der Waals surface area contributed by atoms with Crippen LogP contribution in [0.5, 0.6) is 0 Å². The van der Waals surface area contributed by atoms with Crippen LogP contribution in [0.15, 0.2) is 16.9 Å². The van der Waals surface area contributed by atoms with E-state index in [4.69, 9.17) is 0 Å². The third kappa shape index (κ3) is 1.50. The number of hydrogen-bond acceptors (Lipinski definition) is 2. The lowest BCUT2D eigenvalue weighted by Crippen LogP contribution is -2.44. The van der Waals surface area contributed by atoms with Crippen LogP contribution in [-0.2, 0) is 13.0 Å². The monoisotopic (exact) mass is 218 g/mol. The summed E-state index contributed by atoms with van der Waals surface area (Å²) in [5.41, 5.74) is 2.64. The molecule has 0 aliphatic carbocycles. The standard InChI is InChI=1S/C13H18N2O/c1-2-9-4-12-11-3-10(6-14-7-11)8-15(12)13(16)5-9/h4-5,10-11,14H,2-3,6-8H2,1H3/t10?,11-/m0/s1. The maximum Gasteiger partial charge on any atom is 0.251 e. The van der Waals surface area contributed by atoms with Gasteiger partial charge in [0.1, 0.15) is 0 Å². The van der Waals surface area contributed by atoms with E-state index in [-0.39, 0.29) is 5.56 Å². The largest absolute Gasteiger partial charge is 0.316 e. The van der Waals surface area contributed by atoms with Gasteiger partial charge in [-0.2, -0.15) is 0 Å². The van der Waals surface area contributed by atoms with E-state index in [0.717, 1.165) is 26.1 Å². The molecule has 1 aromatic heterocycles. The number of aromatic nitrogens is 1. The second-order valence-electron chi connectivity index (χ2n) is 5.05. The van der Waals surface area contributed by atoms with Crippen LogP contribution in [0.4, 0.5) is 0 Å². The molecule has 1 N–H and O–H groups in total. The number of nitrogens with zero attached hydrogens (tertiary/aromatic N) is 1. The molecule has 1 fully saturated rings. The lowest BCUT2D eigenvalue weighted by molar-refractivity contribution is 0.257. The van der Waals surface area contributed by atoms with Gasteiger partial charge in [0.15, 0.2) is 0 Å². The van der Waals surface area contributed by atoms with Gasteiger partial charge in [0.25, 0.3) is 5.56 Å². The Bertz CT molecular complexity index is 463. The summed E-state index contributed by atoms with van der Waals surface area (Å²) in [4.78, 5) is 12.0. The molecule has 0 radical (unpaired) electrons. The number of nitrogens with one attached hydrogen (secondary N) is 1. The van der Waals surface area contributed by atoms with Crippen molar-refractivity contribution in [3.8, 4) is 0 Å². The highest BCUT2D eigenvalue weighted by atomic mass is 16.1. The zero-order valence-corrected chi connectivity index (χ0v) is 9.70. The Balaban J connectivity index is 2.13. The van der Waals surface area contributed by atoms with Crippen LogP contribution in [0.3, 0.4) is 0 Å². The fourth-order valence-electron chi connectivity index (χ4n) is 3.06. The van der Waals surface area contributed by atoms with E-state index in [1.54, 1.807) is 6.07 Å². The molecule has 1 saturated heterocycles. The number of fused-ring (bicyclic) bond motifs is 4. The van der Waals surface area contributed by atoms with Gasteiger partial charge in [0, 0.05) is 30.8 Å². The van der Waals surface area contributed by atoms with Gasteiger partial charge >= 0.3 is 0 Å². The summed E-state index contributed by atoms with van der Waals surface area (Å²) in [7, 11) is 0. The zero-order valence-electron chi connectivity index (χ0n) is 9.70. The Morgan fingerprint density at radius 2 is 2.31 bits per heavy atom. The van der Waals surface area contributed by atoms with Crippen LogP contribution in [0.1, 0.15) is 30.5 Å². The van der Waals surface area contributed by atoms with Crippen LogP contribution < -0.4 is 10.9 Å². The van der Waals surface area contributed by atoms with Crippen molar-refractivity contribution in [2.75, 3.05) is 13.1 Å². The summed E-state index contributed by atoms with van der Waals surface area (Å²) in [6, 6.07) is 4.03. The van der Waals surface area contributed by atoms with Gasteiger partial charge in [0.2, 0.25) is 0 Å². The average Bonchev–Trinajstić information content (AvgIpc) is 2.31. The predicted octanol–water partition coefficient (Wildman–Crippen LogP) is 1.12. The highest BCUT2D eigenvalue weighted by Crippen LogP contribution is 2.31. The molecule has 0 amide bonds. The van der Waals surface area contributed by atoms with Gasteiger partial charge < -0.3 is 9.88 Å². The Morgan fingerprint density at radius 1 is 1.44 bits per heavy atom. The Hall–Kier alpha value is -1.09. The summed E-state index contributed by atoms with van der Waals surface area (Å²) in [6.07, 6.45) is 2.20. The van der Waals surface area contributed by atoms with E-state index in [0.29, 0.717) is 11.8 Å². The van der Waals surface area contributed by atoms with Crippen molar-refractivity contribution in [1.82, 2.24) is 9.88 Å². The van der Waals surface area contributed by atoms with Crippen molar-refractivity contribution in [3.05, 3.63) is 33.7 Å².